The largest absolute Gasteiger partial charge is 0.481 e. The van der Waals surface area contributed by atoms with Crippen molar-refractivity contribution in [1.82, 2.24) is 0 Å². The number of ether oxygens (including phenoxy) is 2. The Labute approximate surface area is 218 Å². The third kappa shape index (κ3) is 4.10. The molecule has 7 nitrogen and oxygen atoms in total. The number of nitrogens with one attached hydrogen (secondary N) is 1. The second-order valence-corrected chi connectivity index (χ2v) is 9.39. The number of aliphatic carboxylic acids is 1. The summed E-state index contributed by atoms with van der Waals surface area (Å²) in [5.41, 5.74) is 1.85. The summed E-state index contributed by atoms with van der Waals surface area (Å²) in [5.74, 6) is -5.02. The Bertz CT molecular complexity index is 1390. The van der Waals surface area contributed by atoms with Crippen molar-refractivity contribution in [3.05, 3.63) is 113 Å². The van der Waals surface area contributed by atoms with Crippen LogP contribution in [0, 0.1) is 11.8 Å². The standard InChI is InChI=1S/C29H24ClNO6/c1-2-23(32)36-14-15-37-29-21-11-7-6-10-19(21)24(20-13-12-17(30)16-22(20)29)25(26(29)28(34)35)27(33)31-18-8-4-3-5-9-18/h2-13,16,24-26H,1,14-15H2,(H,31,33)(H,34,35). The van der Waals surface area contributed by atoms with E-state index >= 15 is 0 Å². The van der Waals surface area contributed by atoms with Crippen LogP contribution in [0.2, 0.25) is 5.02 Å². The van der Waals surface area contributed by atoms with Crippen molar-refractivity contribution in [2.24, 2.45) is 11.8 Å². The maximum absolute atomic E-state index is 13.8. The van der Waals surface area contributed by atoms with Gasteiger partial charge in [-0.05, 0) is 46.5 Å². The van der Waals surface area contributed by atoms with Crippen LogP contribution in [0.5, 0.6) is 0 Å². The van der Waals surface area contributed by atoms with E-state index in [-0.39, 0.29) is 13.2 Å². The molecule has 0 saturated carbocycles. The molecule has 1 amide bonds. The highest BCUT2D eigenvalue weighted by molar-refractivity contribution is 6.30. The first-order chi connectivity index (χ1) is 17.9. The zero-order valence-corrected chi connectivity index (χ0v) is 20.5. The number of carboxylic acids is 1. The van der Waals surface area contributed by atoms with E-state index in [1.165, 1.54) is 0 Å². The normalized spacial score (nSPS) is 22.9. The smallest absolute Gasteiger partial charge is 0.330 e. The Balaban J connectivity index is 1.68. The van der Waals surface area contributed by atoms with E-state index in [9.17, 15) is 19.5 Å². The Kier molecular flexibility index (Phi) is 6.58. The molecule has 8 heteroatoms. The molecule has 0 aromatic heterocycles. The molecule has 3 aliphatic rings. The number of hydrogen-bond acceptors (Lipinski definition) is 5. The molecule has 0 spiro atoms. The summed E-state index contributed by atoms with van der Waals surface area (Å²) in [6, 6.07) is 21.6. The van der Waals surface area contributed by atoms with Crippen molar-refractivity contribution in [3.63, 3.8) is 0 Å². The van der Waals surface area contributed by atoms with Gasteiger partial charge in [0.1, 0.15) is 18.1 Å². The van der Waals surface area contributed by atoms with Crippen molar-refractivity contribution >= 4 is 35.1 Å². The summed E-state index contributed by atoms with van der Waals surface area (Å²) in [7, 11) is 0. The molecule has 6 rings (SSSR count). The van der Waals surface area contributed by atoms with E-state index in [2.05, 4.69) is 11.9 Å². The molecule has 4 unspecified atom stereocenters. The van der Waals surface area contributed by atoms with Gasteiger partial charge in [0.2, 0.25) is 5.91 Å². The van der Waals surface area contributed by atoms with Gasteiger partial charge in [-0.25, -0.2) is 4.79 Å². The molecular formula is C29H24ClNO6. The number of amides is 1. The molecule has 0 aliphatic heterocycles. The molecule has 4 atom stereocenters. The average Bonchev–Trinajstić information content (AvgIpc) is 2.91. The third-order valence-electron chi connectivity index (χ3n) is 7.04. The maximum atomic E-state index is 13.8. The predicted molar refractivity (Wildman–Crippen MR) is 137 cm³/mol. The van der Waals surface area contributed by atoms with E-state index in [0.717, 1.165) is 17.2 Å². The molecule has 188 valence electrons. The molecule has 2 bridgehead atoms. The highest BCUT2D eigenvalue weighted by Crippen LogP contribution is 2.62. The van der Waals surface area contributed by atoms with Crippen LogP contribution in [-0.4, -0.2) is 36.2 Å². The number of para-hydroxylation sites is 1. The Morgan fingerprint density at radius 3 is 2.41 bits per heavy atom. The van der Waals surface area contributed by atoms with Crippen molar-refractivity contribution in [1.29, 1.82) is 0 Å². The predicted octanol–water partition coefficient (Wildman–Crippen LogP) is 4.74. The van der Waals surface area contributed by atoms with Gasteiger partial charge in [-0.15, -0.1) is 0 Å². The van der Waals surface area contributed by atoms with Crippen molar-refractivity contribution in [2.75, 3.05) is 18.5 Å². The molecule has 3 aromatic carbocycles. The molecule has 0 heterocycles. The van der Waals surface area contributed by atoms with Crippen LogP contribution in [0.4, 0.5) is 5.69 Å². The van der Waals surface area contributed by atoms with Crippen molar-refractivity contribution < 1.29 is 29.0 Å². The summed E-state index contributed by atoms with van der Waals surface area (Å²) in [6.07, 6.45) is 1.04. The number of carbonyl (C=O) groups excluding carboxylic acids is 2. The summed E-state index contributed by atoms with van der Waals surface area (Å²) in [6.45, 7) is 3.15. The second-order valence-electron chi connectivity index (χ2n) is 8.95. The Hall–Kier alpha value is -3.94. The zero-order valence-electron chi connectivity index (χ0n) is 19.7. The van der Waals surface area contributed by atoms with Gasteiger partial charge in [-0.3, -0.25) is 9.59 Å². The molecule has 2 N–H and O–H groups in total. The van der Waals surface area contributed by atoms with Gasteiger partial charge in [0.05, 0.1) is 12.5 Å². The van der Waals surface area contributed by atoms with Crippen molar-refractivity contribution in [2.45, 2.75) is 11.5 Å². The number of carboxylic acid groups (broad SMARTS) is 1. The van der Waals surface area contributed by atoms with E-state index in [0.29, 0.717) is 21.8 Å². The second kappa shape index (κ2) is 9.84. The summed E-state index contributed by atoms with van der Waals surface area (Å²) in [5, 5.41) is 13.9. The number of anilines is 1. The fraction of sp³-hybridized carbons (Fsp3) is 0.207. The van der Waals surface area contributed by atoms with E-state index in [4.69, 9.17) is 21.1 Å². The lowest BCUT2D eigenvalue weighted by atomic mass is 9.51. The first kappa shape index (κ1) is 24.7. The van der Waals surface area contributed by atoms with Crippen LogP contribution in [0.25, 0.3) is 0 Å². The van der Waals surface area contributed by atoms with Gasteiger partial charge in [-0.2, -0.15) is 0 Å². The van der Waals surface area contributed by atoms with Crippen LogP contribution < -0.4 is 5.32 Å². The Morgan fingerprint density at radius 2 is 1.68 bits per heavy atom. The number of carbonyl (C=O) groups is 3. The lowest BCUT2D eigenvalue weighted by molar-refractivity contribution is -0.171. The van der Waals surface area contributed by atoms with Gasteiger partial charge < -0.3 is 19.9 Å². The fourth-order valence-corrected chi connectivity index (χ4v) is 5.91. The summed E-state index contributed by atoms with van der Waals surface area (Å²) < 4.78 is 11.5. The van der Waals surface area contributed by atoms with Crippen LogP contribution in [0.3, 0.4) is 0 Å². The quantitative estimate of drug-likeness (QED) is 0.254. The molecule has 3 aliphatic carbocycles. The van der Waals surface area contributed by atoms with Gasteiger partial charge in [0.15, 0.2) is 0 Å². The van der Waals surface area contributed by atoms with E-state index < -0.39 is 41.2 Å². The summed E-state index contributed by atoms with van der Waals surface area (Å²) in [4.78, 5) is 38.4. The molecule has 0 saturated heterocycles. The molecular weight excluding hydrogens is 494 g/mol. The summed E-state index contributed by atoms with van der Waals surface area (Å²) >= 11 is 6.40. The number of fused-ring (bicyclic) bond motifs is 1. The number of halogens is 1. The number of rotatable bonds is 8. The van der Waals surface area contributed by atoms with E-state index in [1.807, 2.05) is 36.4 Å². The first-order valence-electron chi connectivity index (χ1n) is 11.8. The van der Waals surface area contributed by atoms with Crippen molar-refractivity contribution in [3.8, 4) is 0 Å². The fourth-order valence-electron chi connectivity index (χ4n) is 5.73. The monoisotopic (exact) mass is 517 g/mol. The highest BCUT2D eigenvalue weighted by atomic mass is 35.5. The lowest BCUT2D eigenvalue weighted by Gasteiger charge is -2.55. The third-order valence-corrected chi connectivity index (χ3v) is 7.27. The maximum Gasteiger partial charge on any atom is 0.330 e. The van der Waals surface area contributed by atoms with E-state index in [1.54, 1.807) is 36.4 Å². The van der Waals surface area contributed by atoms with Gasteiger partial charge in [0, 0.05) is 22.7 Å². The number of esters is 1. The molecule has 37 heavy (non-hydrogen) atoms. The molecule has 3 aromatic rings. The van der Waals surface area contributed by atoms with Crippen LogP contribution in [0.1, 0.15) is 28.2 Å². The SMILES string of the molecule is C=CC(=O)OCCOC12c3ccccc3C(c3ccc(Cl)cc31)C(C(=O)Nc1ccccc1)C2C(=O)O. The van der Waals surface area contributed by atoms with Crippen LogP contribution in [0.15, 0.2) is 85.5 Å². The van der Waals surface area contributed by atoms with Gasteiger partial charge in [0.25, 0.3) is 0 Å². The topological polar surface area (TPSA) is 102 Å². The number of benzene rings is 3. The van der Waals surface area contributed by atoms with Gasteiger partial charge in [-0.1, -0.05) is 66.7 Å². The molecule has 0 fully saturated rings. The minimum atomic E-state index is -1.54. The highest BCUT2D eigenvalue weighted by Gasteiger charge is 2.64. The number of hydrogen-bond donors (Lipinski definition) is 2. The van der Waals surface area contributed by atoms with Crippen LogP contribution in [-0.2, 0) is 29.5 Å². The van der Waals surface area contributed by atoms with Crippen LogP contribution >= 0.6 is 11.6 Å². The Morgan fingerprint density at radius 1 is 0.973 bits per heavy atom. The lowest BCUT2D eigenvalue weighted by Crippen LogP contribution is -2.59. The molecule has 0 radical (unpaired) electrons. The average molecular weight is 518 g/mol. The first-order valence-corrected chi connectivity index (χ1v) is 12.2. The minimum Gasteiger partial charge on any atom is -0.481 e. The zero-order chi connectivity index (χ0) is 26.2. The minimum absolute atomic E-state index is 0.110. The van der Waals surface area contributed by atoms with Gasteiger partial charge >= 0.3 is 11.9 Å².